The Morgan fingerprint density at radius 2 is 2.00 bits per heavy atom. The van der Waals surface area contributed by atoms with E-state index in [0.29, 0.717) is 17.2 Å². The molecular formula is C21H24Cl3NO4S2. The molecule has 1 heterocycles. The highest BCUT2D eigenvalue weighted by atomic mass is 35.6. The van der Waals surface area contributed by atoms with Crippen LogP contribution in [0, 0.1) is 0 Å². The van der Waals surface area contributed by atoms with Gasteiger partial charge in [-0.2, -0.15) is 0 Å². The molecule has 0 aromatic heterocycles. The molecule has 1 aliphatic heterocycles. The molecule has 0 spiro atoms. The third-order valence-corrected chi connectivity index (χ3v) is 6.31. The number of benzene rings is 1. The Kier molecular flexibility index (Phi) is 11.1. The SMILES string of the molecule is O=C(CC/C=C/CC(O)CC(=O)N1C(=S)SC[C@H]1Cc1ccccc1)OCC(Cl)(Cl)Cl. The van der Waals surface area contributed by atoms with Gasteiger partial charge in [0.15, 0.2) is 0 Å². The van der Waals surface area contributed by atoms with Crippen molar-refractivity contribution in [3.63, 3.8) is 0 Å². The molecule has 31 heavy (non-hydrogen) atoms. The third kappa shape index (κ3) is 10.1. The van der Waals surface area contributed by atoms with Crippen molar-refractivity contribution in [2.24, 2.45) is 0 Å². The lowest BCUT2D eigenvalue weighted by Gasteiger charge is -2.24. The molecule has 1 N–H and O–H groups in total. The number of allylic oxidation sites excluding steroid dienone is 1. The van der Waals surface area contributed by atoms with Crippen LogP contribution in [-0.2, 0) is 20.7 Å². The van der Waals surface area contributed by atoms with Gasteiger partial charge in [-0.25, -0.2) is 0 Å². The van der Waals surface area contributed by atoms with Crippen LogP contribution in [-0.4, -0.2) is 54.5 Å². The minimum Gasteiger partial charge on any atom is -0.461 e. The number of ether oxygens (including phenoxy) is 1. The molecular weight excluding hydrogens is 501 g/mol. The maximum Gasteiger partial charge on any atom is 0.306 e. The first-order chi connectivity index (χ1) is 14.7. The molecule has 0 saturated carbocycles. The second kappa shape index (κ2) is 13.0. The van der Waals surface area contributed by atoms with Crippen LogP contribution in [0.25, 0.3) is 0 Å². The predicted octanol–water partition coefficient (Wildman–Crippen LogP) is 4.85. The van der Waals surface area contributed by atoms with Gasteiger partial charge in [0, 0.05) is 12.2 Å². The van der Waals surface area contributed by atoms with E-state index in [1.807, 2.05) is 30.3 Å². The number of hydrogen-bond donors (Lipinski definition) is 1. The normalized spacial score (nSPS) is 17.9. The number of carbonyl (C=O) groups is 2. The van der Waals surface area contributed by atoms with Gasteiger partial charge in [-0.3, -0.25) is 14.5 Å². The molecule has 1 saturated heterocycles. The topological polar surface area (TPSA) is 66.8 Å². The first kappa shape index (κ1) is 26.4. The second-order valence-corrected chi connectivity index (χ2v) is 11.2. The van der Waals surface area contributed by atoms with Crippen LogP contribution < -0.4 is 0 Å². The van der Waals surface area contributed by atoms with Crippen LogP contribution in [0.4, 0.5) is 0 Å². The molecule has 1 unspecified atom stereocenters. The van der Waals surface area contributed by atoms with E-state index in [-0.39, 0.29) is 31.4 Å². The maximum atomic E-state index is 12.7. The van der Waals surface area contributed by atoms with Crippen molar-refractivity contribution >= 4 is 75.0 Å². The minimum atomic E-state index is -1.63. The summed E-state index contributed by atoms with van der Waals surface area (Å²) >= 11 is 23.4. The smallest absolute Gasteiger partial charge is 0.306 e. The third-order valence-electron chi connectivity index (χ3n) is 4.44. The Hall–Kier alpha value is -0.830. The fourth-order valence-electron chi connectivity index (χ4n) is 2.99. The summed E-state index contributed by atoms with van der Waals surface area (Å²) in [6.07, 6.45) is 4.22. The van der Waals surface area contributed by atoms with E-state index in [1.165, 1.54) is 11.8 Å². The molecule has 2 atom stereocenters. The Morgan fingerprint density at radius 1 is 1.29 bits per heavy atom. The van der Waals surface area contributed by atoms with Crippen molar-refractivity contribution in [1.82, 2.24) is 4.90 Å². The number of rotatable bonds is 10. The van der Waals surface area contributed by atoms with Gasteiger partial charge in [0.1, 0.15) is 10.9 Å². The summed E-state index contributed by atoms with van der Waals surface area (Å²) in [4.78, 5) is 25.9. The van der Waals surface area contributed by atoms with Crippen molar-refractivity contribution in [3.05, 3.63) is 48.0 Å². The van der Waals surface area contributed by atoms with Gasteiger partial charge in [0.05, 0.1) is 18.6 Å². The Morgan fingerprint density at radius 3 is 2.68 bits per heavy atom. The number of thioether (sulfide) groups is 1. The first-order valence-corrected chi connectivity index (χ1v) is 12.3. The van der Waals surface area contributed by atoms with Crippen LogP contribution in [0.3, 0.4) is 0 Å². The van der Waals surface area contributed by atoms with Crippen molar-refractivity contribution < 1.29 is 19.4 Å². The van der Waals surface area contributed by atoms with Gasteiger partial charge in [0.25, 0.3) is 0 Å². The van der Waals surface area contributed by atoms with E-state index < -0.39 is 15.9 Å². The average Bonchev–Trinajstić information content (AvgIpc) is 3.06. The number of esters is 1. The van der Waals surface area contributed by atoms with E-state index >= 15 is 0 Å². The lowest BCUT2D eigenvalue weighted by atomic mass is 10.1. The van der Waals surface area contributed by atoms with Gasteiger partial charge >= 0.3 is 5.97 Å². The van der Waals surface area contributed by atoms with Crippen LogP contribution in [0.5, 0.6) is 0 Å². The number of alkyl halides is 3. The lowest BCUT2D eigenvalue weighted by molar-refractivity contribution is -0.143. The number of amides is 1. The predicted molar refractivity (Wildman–Crippen MR) is 131 cm³/mol. The zero-order chi connectivity index (χ0) is 22.9. The second-order valence-electron chi connectivity index (χ2n) is 7.06. The molecule has 170 valence electrons. The lowest BCUT2D eigenvalue weighted by Crippen LogP contribution is -2.41. The number of carbonyl (C=O) groups excluding carboxylic acids is 2. The largest absolute Gasteiger partial charge is 0.461 e. The minimum absolute atomic E-state index is 0.00569. The van der Waals surface area contributed by atoms with E-state index in [4.69, 9.17) is 51.8 Å². The molecule has 1 fully saturated rings. The van der Waals surface area contributed by atoms with Crippen LogP contribution in [0.15, 0.2) is 42.5 Å². The fourth-order valence-corrected chi connectivity index (χ4v) is 4.60. The highest BCUT2D eigenvalue weighted by Gasteiger charge is 2.34. The monoisotopic (exact) mass is 523 g/mol. The summed E-state index contributed by atoms with van der Waals surface area (Å²) in [7, 11) is 0. The molecule has 2 rings (SSSR count). The number of nitrogens with zero attached hydrogens (tertiary/aromatic N) is 1. The number of thiocarbonyl (C=S) groups is 1. The van der Waals surface area contributed by atoms with Gasteiger partial charge in [-0.05, 0) is 24.8 Å². The summed E-state index contributed by atoms with van der Waals surface area (Å²) in [5.41, 5.74) is 1.14. The highest BCUT2D eigenvalue weighted by Crippen LogP contribution is 2.28. The molecule has 1 aromatic rings. The molecule has 0 aliphatic carbocycles. The van der Waals surface area contributed by atoms with Gasteiger partial charge in [-0.15, -0.1) is 0 Å². The quantitative estimate of drug-likeness (QED) is 0.204. The molecule has 5 nitrogen and oxygen atoms in total. The van der Waals surface area contributed by atoms with Gasteiger partial charge in [0.2, 0.25) is 9.70 Å². The molecule has 1 amide bonds. The van der Waals surface area contributed by atoms with E-state index in [1.54, 1.807) is 17.1 Å². The Labute approximate surface area is 207 Å². The summed E-state index contributed by atoms with van der Waals surface area (Å²) in [6, 6.07) is 9.95. The van der Waals surface area contributed by atoms with E-state index in [0.717, 1.165) is 17.7 Å². The van der Waals surface area contributed by atoms with Crippen molar-refractivity contribution in [3.8, 4) is 0 Å². The average molecular weight is 525 g/mol. The Bertz CT molecular complexity index is 787. The van der Waals surface area contributed by atoms with Crippen LogP contribution >= 0.6 is 58.8 Å². The highest BCUT2D eigenvalue weighted by molar-refractivity contribution is 8.23. The summed E-state index contributed by atoms with van der Waals surface area (Å²) in [6.45, 7) is -0.303. The molecule has 1 aromatic carbocycles. The van der Waals surface area contributed by atoms with E-state index in [9.17, 15) is 14.7 Å². The fraction of sp³-hybridized carbons (Fsp3) is 0.476. The molecule has 10 heteroatoms. The molecule has 0 radical (unpaired) electrons. The first-order valence-electron chi connectivity index (χ1n) is 9.74. The van der Waals surface area contributed by atoms with E-state index in [2.05, 4.69) is 0 Å². The number of aliphatic hydroxyl groups is 1. The number of aliphatic hydroxyl groups excluding tert-OH is 1. The number of hydrogen-bond acceptors (Lipinski definition) is 6. The zero-order valence-electron chi connectivity index (χ0n) is 16.7. The standard InChI is InChI=1S/C21H24Cl3NO4S2/c22-21(23,24)14-29-19(28)10-6-2-5-9-17(26)12-18(27)25-16(13-31-20(25)30)11-15-7-3-1-4-8-15/h1-5,7-8,16-17,26H,6,9-14H2/b5-2+/t16-,17?/m1/s1. The van der Waals surface area contributed by atoms with Crippen LogP contribution in [0.1, 0.15) is 31.2 Å². The van der Waals surface area contributed by atoms with Gasteiger partial charge < -0.3 is 9.84 Å². The number of halogens is 3. The summed E-state index contributed by atoms with van der Waals surface area (Å²) < 4.78 is 3.75. The van der Waals surface area contributed by atoms with Crippen molar-refractivity contribution in [1.29, 1.82) is 0 Å². The summed E-state index contributed by atoms with van der Waals surface area (Å²) in [5.74, 6) is 0.104. The summed E-state index contributed by atoms with van der Waals surface area (Å²) in [5, 5.41) is 10.2. The van der Waals surface area contributed by atoms with Gasteiger partial charge in [-0.1, -0.05) is 101 Å². The maximum absolute atomic E-state index is 12.7. The molecule has 1 aliphatic rings. The molecule has 0 bridgehead atoms. The van der Waals surface area contributed by atoms with Crippen molar-refractivity contribution in [2.45, 2.75) is 48.0 Å². The zero-order valence-corrected chi connectivity index (χ0v) is 20.6. The van der Waals surface area contributed by atoms with Crippen LogP contribution in [0.2, 0.25) is 0 Å². The Balaban J connectivity index is 1.73. The van der Waals surface area contributed by atoms with Crippen molar-refractivity contribution in [2.75, 3.05) is 12.4 Å².